The zero-order valence-electron chi connectivity index (χ0n) is 11.6. The number of hydrazone groups is 1. The van der Waals surface area contributed by atoms with Crippen molar-refractivity contribution in [2.24, 2.45) is 5.10 Å². The number of nitriles is 2. The van der Waals surface area contributed by atoms with E-state index in [-0.39, 0.29) is 5.71 Å². The van der Waals surface area contributed by atoms with E-state index in [1.54, 1.807) is 36.4 Å². The van der Waals surface area contributed by atoms with Gasteiger partial charge in [-0.3, -0.25) is 5.43 Å². The molecule has 0 aliphatic carbocycles. The summed E-state index contributed by atoms with van der Waals surface area (Å²) in [6.07, 6.45) is 0. The van der Waals surface area contributed by atoms with Crippen molar-refractivity contribution in [3.8, 4) is 12.1 Å². The molecule has 0 heterocycles. The first-order valence-electron chi connectivity index (χ1n) is 6.25. The van der Waals surface area contributed by atoms with Gasteiger partial charge in [0.15, 0.2) is 5.71 Å². The zero-order valence-corrected chi connectivity index (χ0v) is 13.1. The van der Waals surface area contributed by atoms with Crippen LogP contribution in [0.1, 0.15) is 16.7 Å². The third-order valence-electron chi connectivity index (χ3n) is 2.86. The second-order valence-electron chi connectivity index (χ2n) is 4.48. The molecule has 6 heteroatoms. The summed E-state index contributed by atoms with van der Waals surface area (Å²) in [4.78, 5) is 0. The molecule has 0 saturated carbocycles. The molecule has 0 saturated heterocycles. The van der Waals surface area contributed by atoms with Gasteiger partial charge in [-0.15, -0.1) is 0 Å². The van der Waals surface area contributed by atoms with Crippen LogP contribution in [0.25, 0.3) is 0 Å². The Bertz CT molecular complexity index is 789. The van der Waals surface area contributed by atoms with Crippen molar-refractivity contribution in [3.05, 3.63) is 63.1 Å². The molecule has 0 unspecified atom stereocenters. The molecular weight excluding hydrogens is 319 g/mol. The lowest BCUT2D eigenvalue weighted by molar-refractivity contribution is 1.32. The van der Waals surface area contributed by atoms with Gasteiger partial charge in [-0.1, -0.05) is 35.3 Å². The zero-order chi connectivity index (χ0) is 16.1. The Morgan fingerprint density at radius 3 is 2.18 bits per heavy atom. The van der Waals surface area contributed by atoms with E-state index in [0.29, 0.717) is 26.9 Å². The van der Waals surface area contributed by atoms with Crippen molar-refractivity contribution in [1.29, 1.82) is 10.5 Å². The van der Waals surface area contributed by atoms with Crippen LogP contribution in [-0.4, -0.2) is 5.71 Å². The standard InChI is InChI=1S/C16H10Cl2N4/c1-10-6-13(17)16(14(18)7-10)22-21-15(9-20)12-4-2-11(8-19)3-5-12/h2-7,22H,1H3/b21-15-. The van der Waals surface area contributed by atoms with Crippen LogP contribution in [0.4, 0.5) is 5.69 Å². The number of benzene rings is 2. The van der Waals surface area contributed by atoms with Gasteiger partial charge in [0.1, 0.15) is 6.07 Å². The monoisotopic (exact) mass is 328 g/mol. The van der Waals surface area contributed by atoms with Crippen LogP contribution >= 0.6 is 23.2 Å². The molecule has 0 atom stereocenters. The third-order valence-corrected chi connectivity index (χ3v) is 3.46. The predicted molar refractivity (Wildman–Crippen MR) is 88.1 cm³/mol. The molecule has 0 aliphatic heterocycles. The van der Waals surface area contributed by atoms with E-state index in [2.05, 4.69) is 10.5 Å². The van der Waals surface area contributed by atoms with Crippen LogP contribution < -0.4 is 5.43 Å². The smallest absolute Gasteiger partial charge is 0.167 e. The van der Waals surface area contributed by atoms with Gasteiger partial charge in [0.05, 0.1) is 27.4 Å². The van der Waals surface area contributed by atoms with Gasteiger partial charge in [0.2, 0.25) is 0 Å². The van der Waals surface area contributed by atoms with Gasteiger partial charge < -0.3 is 0 Å². The summed E-state index contributed by atoms with van der Waals surface area (Å²) in [5, 5.41) is 22.9. The highest BCUT2D eigenvalue weighted by Crippen LogP contribution is 2.31. The molecule has 0 bridgehead atoms. The van der Waals surface area contributed by atoms with Crippen molar-refractivity contribution in [1.82, 2.24) is 0 Å². The van der Waals surface area contributed by atoms with Crippen molar-refractivity contribution in [2.45, 2.75) is 6.92 Å². The van der Waals surface area contributed by atoms with Crippen molar-refractivity contribution in [3.63, 3.8) is 0 Å². The summed E-state index contributed by atoms with van der Waals surface area (Å²) in [6.45, 7) is 1.88. The maximum Gasteiger partial charge on any atom is 0.167 e. The van der Waals surface area contributed by atoms with Gasteiger partial charge in [-0.05, 0) is 36.8 Å². The molecule has 0 aromatic heterocycles. The molecule has 22 heavy (non-hydrogen) atoms. The topological polar surface area (TPSA) is 72.0 Å². The minimum atomic E-state index is 0.164. The van der Waals surface area contributed by atoms with Crippen molar-refractivity contribution in [2.75, 3.05) is 5.43 Å². The maximum atomic E-state index is 9.21. The molecule has 0 fully saturated rings. The van der Waals surface area contributed by atoms with Crippen LogP contribution in [0.3, 0.4) is 0 Å². The maximum absolute atomic E-state index is 9.21. The molecule has 0 aliphatic rings. The lowest BCUT2D eigenvalue weighted by Crippen LogP contribution is -2.02. The summed E-state index contributed by atoms with van der Waals surface area (Å²) < 4.78 is 0. The number of nitrogens with zero attached hydrogens (tertiary/aromatic N) is 3. The van der Waals surface area contributed by atoms with Crippen LogP contribution in [0.15, 0.2) is 41.5 Å². The highest BCUT2D eigenvalue weighted by molar-refractivity contribution is 6.39. The predicted octanol–water partition coefficient (Wildman–Crippen LogP) is 4.51. The Labute approximate surface area is 138 Å². The summed E-state index contributed by atoms with van der Waals surface area (Å²) in [5.74, 6) is 0. The fourth-order valence-corrected chi connectivity index (χ4v) is 2.46. The van der Waals surface area contributed by atoms with Gasteiger partial charge in [0, 0.05) is 5.56 Å². The van der Waals surface area contributed by atoms with E-state index in [1.165, 1.54) is 0 Å². The molecule has 2 rings (SSSR count). The first-order valence-corrected chi connectivity index (χ1v) is 7.00. The van der Waals surface area contributed by atoms with Gasteiger partial charge in [-0.25, -0.2) is 0 Å². The molecule has 0 amide bonds. The van der Waals surface area contributed by atoms with E-state index in [1.807, 2.05) is 19.1 Å². The molecule has 2 aromatic carbocycles. The van der Waals surface area contributed by atoms with E-state index >= 15 is 0 Å². The average molecular weight is 329 g/mol. The molecule has 0 radical (unpaired) electrons. The van der Waals surface area contributed by atoms with Gasteiger partial charge in [0.25, 0.3) is 0 Å². The Balaban J connectivity index is 2.31. The van der Waals surface area contributed by atoms with E-state index in [9.17, 15) is 5.26 Å². The molecule has 1 N–H and O–H groups in total. The fourth-order valence-electron chi connectivity index (χ4n) is 1.78. The van der Waals surface area contributed by atoms with Gasteiger partial charge >= 0.3 is 0 Å². The first kappa shape index (κ1) is 15.9. The van der Waals surface area contributed by atoms with Crippen LogP contribution in [0.5, 0.6) is 0 Å². The van der Waals surface area contributed by atoms with Crippen molar-refractivity contribution >= 4 is 34.6 Å². The number of rotatable bonds is 3. The lowest BCUT2D eigenvalue weighted by atomic mass is 10.1. The molecule has 108 valence electrons. The Morgan fingerprint density at radius 1 is 1.09 bits per heavy atom. The van der Waals surface area contributed by atoms with E-state index in [0.717, 1.165) is 5.56 Å². The molecule has 4 nitrogen and oxygen atoms in total. The minimum absolute atomic E-state index is 0.164. The first-order chi connectivity index (χ1) is 10.5. The molecular formula is C16H10Cl2N4. The highest BCUT2D eigenvalue weighted by Gasteiger charge is 2.08. The highest BCUT2D eigenvalue weighted by atomic mass is 35.5. The van der Waals surface area contributed by atoms with Gasteiger partial charge in [-0.2, -0.15) is 15.6 Å². The second-order valence-corrected chi connectivity index (χ2v) is 5.29. The number of anilines is 1. The average Bonchev–Trinajstić information content (AvgIpc) is 2.50. The fraction of sp³-hybridized carbons (Fsp3) is 0.0625. The van der Waals surface area contributed by atoms with Crippen LogP contribution in [0.2, 0.25) is 10.0 Å². The largest absolute Gasteiger partial charge is 0.274 e. The summed E-state index contributed by atoms with van der Waals surface area (Å²) >= 11 is 12.2. The van der Waals surface area contributed by atoms with E-state index in [4.69, 9.17) is 28.5 Å². The minimum Gasteiger partial charge on any atom is -0.274 e. The molecule has 2 aromatic rings. The second kappa shape index (κ2) is 6.95. The van der Waals surface area contributed by atoms with E-state index < -0.39 is 0 Å². The number of nitrogens with one attached hydrogen (secondary N) is 1. The lowest BCUT2D eigenvalue weighted by Gasteiger charge is -2.08. The summed E-state index contributed by atoms with van der Waals surface area (Å²) in [6, 6.07) is 14.1. The number of aryl methyl sites for hydroxylation is 1. The van der Waals surface area contributed by atoms with Crippen LogP contribution in [-0.2, 0) is 0 Å². The molecule has 0 spiro atoms. The SMILES string of the molecule is Cc1cc(Cl)c(N/N=C(/C#N)c2ccc(C#N)cc2)c(Cl)c1. The van der Waals surface area contributed by atoms with Crippen molar-refractivity contribution < 1.29 is 0 Å². The Morgan fingerprint density at radius 2 is 1.68 bits per heavy atom. The Hall–Kier alpha value is -2.53. The normalized spacial score (nSPS) is 10.7. The number of hydrogen-bond acceptors (Lipinski definition) is 4. The quantitative estimate of drug-likeness (QED) is 0.665. The third kappa shape index (κ3) is 3.56. The summed E-state index contributed by atoms with van der Waals surface area (Å²) in [7, 11) is 0. The number of hydrogen-bond donors (Lipinski definition) is 1. The van der Waals surface area contributed by atoms with Crippen LogP contribution in [0, 0.1) is 29.6 Å². The Kier molecular flexibility index (Phi) is 5.01. The summed E-state index contributed by atoms with van der Waals surface area (Å²) in [5.41, 5.74) is 5.36. The number of halogens is 2.